The number of allylic oxidation sites excluding steroid dienone is 1. The van der Waals surface area contributed by atoms with Gasteiger partial charge in [0.05, 0.1) is 12.9 Å². The van der Waals surface area contributed by atoms with Crippen LogP contribution in [0.5, 0.6) is 5.75 Å². The van der Waals surface area contributed by atoms with Gasteiger partial charge in [0.2, 0.25) is 0 Å². The van der Waals surface area contributed by atoms with Gasteiger partial charge in [-0.25, -0.2) is 5.43 Å². The van der Waals surface area contributed by atoms with E-state index in [1.165, 1.54) is 23.5 Å². The number of aryl methyl sites for hydroxylation is 1. The van der Waals surface area contributed by atoms with E-state index < -0.39 is 0 Å². The number of carbonyl (C=O) groups excluding carboxylic acids is 1. The van der Waals surface area contributed by atoms with E-state index in [9.17, 15) is 4.79 Å². The van der Waals surface area contributed by atoms with Gasteiger partial charge in [-0.1, -0.05) is 92.7 Å². The molecule has 0 saturated heterocycles. The summed E-state index contributed by atoms with van der Waals surface area (Å²) in [6.45, 7) is 8.63. The summed E-state index contributed by atoms with van der Waals surface area (Å²) in [6, 6.07) is 24.2. The first-order chi connectivity index (χ1) is 18.8. The SMILES string of the molecule is COc1ccccc1/C=C\C=N\NC(=O)CSc1nnc(-c2ccc(C(C)(C)C)cc2)n1-c1ccc(C)cc1. The number of carbonyl (C=O) groups is 1. The normalized spacial score (nSPS) is 11.8. The minimum Gasteiger partial charge on any atom is -0.496 e. The van der Waals surface area contributed by atoms with Crippen LogP contribution in [-0.4, -0.2) is 39.7 Å². The molecular formula is C31H33N5O2S. The zero-order chi connectivity index (χ0) is 27.8. The molecule has 0 bridgehead atoms. The molecule has 0 spiro atoms. The van der Waals surface area contributed by atoms with Crippen molar-refractivity contribution in [3.63, 3.8) is 0 Å². The van der Waals surface area contributed by atoms with Crippen LogP contribution >= 0.6 is 11.8 Å². The highest BCUT2D eigenvalue weighted by Crippen LogP contribution is 2.30. The van der Waals surface area contributed by atoms with Crippen LogP contribution in [0.1, 0.15) is 37.5 Å². The molecule has 0 aliphatic rings. The van der Waals surface area contributed by atoms with Gasteiger partial charge < -0.3 is 4.74 Å². The Kier molecular flexibility index (Phi) is 8.99. The molecule has 0 aliphatic carbocycles. The zero-order valence-corrected chi connectivity index (χ0v) is 23.7. The highest BCUT2D eigenvalue weighted by Gasteiger charge is 2.19. The van der Waals surface area contributed by atoms with Crippen molar-refractivity contribution in [2.24, 2.45) is 5.10 Å². The van der Waals surface area contributed by atoms with Crippen molar-refractivity contribution in [1.29, 1.82) is 0 Å². The molecule has 4 aromatic rings. The van der Waals surface area contributed by atoms with Crippen LogP contribution in [0.25, 0.3) is 23.2 Å². The first-order valence-electron chi connectivity index (χ1n) is 12.6. The molecule has 1 heterocycles. The number of ether oxygens (including phenoxy) is 1. The van der Waals surface area contributed by atoms with Crippen LogP contribution in [0.15, 0.2) is 89.1 Å². The maximum Gasteiger partial charge on any atom is 0.250 e. The van der Waals surface area contributed by atoms with Crippen molar-refractivity contribution >= 4 is 30.0 Å². The van der Waals surface area contributed by atoms with Crippen LogP contribution in [0.3, 0.4) is 0 Å². The fraction of sp³-hybridized carbons (Fsp3) is 0.226. The predicted molar refractivity (Wildman–Crippen MR) is 160 cm³/mol. The van der Waals surface area contributed by atoms with E-state index in [4.69, 9.17) is 4.74 Å². The molecule has 1 N–H and O–H groups in total. The van der Waals surface area contributed by atoms with Crippen molar-refractivity contribution in [3.8, 4) is 22.8 Å². The molecule has 0 atom stereocenters. The second kappa shape index (κ2) is 12.6. The van der Waals surface area contributed by atoms with Crippen molar-refractivity contribution < 1.29 is 9.53 Å². The Morgan fingerprint density at radius 3 is 2.44 bits per heavy atom. The molecule has 4 rings (SSSR count). The van der Waals surface area contributed by atoms with Crippen molar-refractivity contribution in [2.75, 3.05) is 12.9 Å². The number of nitrogens with zero attached hydrogens (tertiary/aromatic N) is 4. The fourth-order valence-electron chi connectivity index (χ4n) is 3.86. The first-order valence-corrected chi connectivity index (χ1v) is 13.6. The molecular weight excluding hydrogens is 506 g/mol. The average molecular weight is 540 g/mol. The number of hydrogen-bond acceptors (Lipinski definition) is 6. The number of hydrazone groups is 1. The Balaban J connectivity index is 1.47. The lowest BCUT2D eigenvalue weighted by molar-refractivity contribution is -0.118. The average Bonchev–Trinajstić information content (AvgIpc) is 3.36. The molecule has 0 radical (unpaired) electrons. The van der Waals surface area contributed by atoms with Gasteiger partial charge in [0.25, 0.3) is 5.91 Å². The summed E-state index contributed by atoms with van der Waals surface area (Å²) in [4.78, 5) is 12.5. The Labute approximate surface area is 234 Å². The third-order valence-electron chi connectivity index (χ3n) is 6.03. The topological polar surface area (TPSA) is 81.4 Å². The van der Waals surface area contributed by atoms with Crippen LogP contribution in [0.2, 0.25) is 0 Å². The minimum absolute atomic E-state index is 0.0597. The van der Waals surface area contributed by atoms with E-state index in [1.807, 2.05) is 54.0 Å². The third-order valence-corrected chi connectivity index (χ3v) is 6.96. The van der Waals surface area contributed by atoms with E-state index in [2.05, 4.69) is 77.9 Å². The molecule has 1 amide bonds. The third kappa shape index (κ3) is 7.23. The summed E-state index contributed by atoms with van der Waals surface area (Å²) in [5.41, 5.74) is 7.85. The Morgan fingerprint density at radius 2 is 1.74 bits per heavy atom. The van der Waals surface area contributed by atoms with Gasteiger partial charge in [0.1, 0.15) is 5.75 Å². The van der Waals surface area contributed by atoms with Gasteiger partial charge in [0, 0.05) is 23.0 Å². The number of aromatic nitrogens is 3. The van der Waals surface area contributed by atoms with Gasteiger partial charge in [-0.15, -0.1) is 10.2 Å². The molecule has 0 fully saturated rings. The van der Waals surface area contributed by atoms with Gasteiger partial charge in [-0.2, -0.15) is 5.10 Å². The summed E-state index contributed by atoms with van der Waals surface area (Å²) in [5.74, 6) is 1.39. The maximum absolute atomic E-state index is 12.5. The maximum atomic E-state index is 12.5. The monoisotopic (exact) mass is 539 g/mol. The quantitative estimate of drug-likeness (QED) is 0.150. The number of thioether (sulfide) groups is 1. The lowest BCUT2D eigenvalue weighted by atomic mass is 9.87. The first kappa shape index (κ1) is 27.9. The minimum atomic E-state index is -0.239. The summed E-state index contributed by atoms with van der Waals surface area (Å²) in [5, 5.41) is 13.6. The number of nitrogens with one attached hydrogen (secondary N) is 1. The Morgan fingerprint density at radius 1 is 1.03 bits per heavy atom. The molecule has 8 heteroatoms. The zero-order valence-electron chi connectivity index (χ0n) is 22.9. The van der Waals surface area contributed by atoms with Crippen molar-refractivity contribution in [3.05, 3.63) is 95.6 Å². The molecule has 1 aromatic heterocycles. The lowest BCUT2D eigenvalue weighted by Gasteiger charge is -2.19. The summed E-state index contributed by atoms with van der Waals surface area (Å²) in [6.07, 6.45) is 5.14. The van der Waals surface area contributed by atoms with Crippen LogP contribution in [0.4, 0.5) is 0 Å². The van der Waals surface area contributed by atoms with Crippen molar-refractivity contribution in [2.45, 2.75) is 38.3 Å². The number of benzene rings is 3. The van der Waals surface area contributed by atoms with Gasteiger partial charge in [0.15, 0.2) is 11.0 Å². The van der Waals surface area contributed by atoms with E-state index in [-0.39, 0.29) is 17.1 Å². The summed E-state index contributed by atoms with van der Waals surface area (Å²) < 4.78 is 7.32. The number of rotatable bonds is 9. The molecule has 0 unspecified atom stereocenters. The number of hydrogen-bond donors (Lipinski definition) is 1. The standard InChI is InChI=1S/C31H33N5O2S/c1-22-12-18-26(19-13-22)36-29(24-14-16-25(17-15-24)31(2,3)4)34-35-30(36)39-21-28(37)33-32-20-8-10-23-9-6-7-11-27(23)38-5/h6-20H,21H2,1-5H3,(H,33,37)/b10-8-,32-20+. The van der Waals surface area contributed by atoms with Gasteiger partial charge in [-0.05, 0) is 48.3 Å². The smallest absolute Gasteiger partial charge is 0.250 e. The molecule has 7 nitrogen and oxygen atoms in total. The number of amides is 1. The van der Waals surface area contributed by atoms with Crippen molar-refractivity contribution in [1.82, 2.24) is 20.2 Å². The van der Waals surface area contributed by atoms with E-state index >= 15 is 0 Å². The van der Waals surface area contributed by atoms with Crippen LogP contribution in [-0.2, 0) is 10.2 Å². The van der Waals surface area contributed by atoms with Crippen LogP contribution in [0, 0.1) is 6.92 Å². The van der Waals surface area contributed by atoms with Gasteiger partial charge in [-0.3, -0.25) is 9.36 Å². The Bertz CT molecular complexity index is 1470. The molecule has 0 saturated carbocycles. The Hall–Kier alpha value is -4.17. The largest absolute Gasteiger partial charge is 0.496 e. The second-order valence-electron chi connectivity index (χ2n) is 10.0. The summed E-state index contributed by atoms with van der Waals surface area (Å²) in [7, 11) is 1.63. The van der Waals surface area contributed by atoms with E-state index in [0.29, 0.717) is 5.16 Å². The summed E-state index contributed by atoms with van der Waals surface area (Å²) >= 11 is 1.31. The van der Waals surface area contributed by atoms with Gasteiger partial charge >= 0.3 is 0 Å². The molecule has 200 valence electrons. The van der Waals surface area contributed by atoms with Crippen LogP contribution < -0.4 is 10.2 Å². The number of methoxy groups -OCH3 is 1. The molecule has 0 aliphatic heterocycles. The molecule has 3 aromatic carbocycles. The fourth-order valence-corrected chi connectivity index (χ4v) is 4.61. The number of para-hydroxylation sites is 1. The highest BCUT2D eigenvalue weighted by molar-refractivity contribution is 7.99. The molecule has 39 heavy (non-hydrogen) atoms. The lowest BCUT2D eigenvalue weighted by Crippen LogP contribution is -2.19. The highest BCUT2D eigenvalue weighted by atomic mass is 32.2. The van der Waals surface area contributed by atoms with E-state index in [1.54, 1.807) is 13.2 Å². The van der Waals surface area contributed by atoms with E-state index in [0.717, 1.165) is 34.0 Å². The second-order valence-corrected chi connectivity index (χ2v) is 10.9. The predicted octanol–water partition coefficient (Wildman–Crippen LogP) is 6.46.